The van der Waals surface area contributed by atoms with Crippen molar-refractivity contribution in [2.45, 2.75) is 20.8 Å². The Morgan fingerprint density at radius 2 is 2.00 bits per heavy atom. The number of nitrogens with zero attached hydrogens (tertiary/aromatic N) is 3. The highest BCUT2D eigenvalue weighted by Gasteiger charge is 2.12. The van der Waals surface area contributed by atoms with Crippen molar-refractivity contribution in [2.75, 3.05) is 5.32 Å². The van der Waals surface area contributed by atoms with Crippen molar-refractivity contribution in [1.82, 2.24) is 14.6 Å². The molecule has 3 aromatic rings. The summed E-state index contributed by atoms with van der Waals surface area (Å²) in [6.45, 7) is 5.91. The minimum Gasteiger partial charge on any atom is -0.320 e. The standard InChI is InChI=1S/C16H16N4O/c1-10-5-4-6-13(12(10)3)19-16(21)14-9-11(2)20-15(18-14)7-8-17-20/h4-9H,1-3H3,(H,19,21). The van der Waals surface area contributed by atoms with Crippen molar-refractivity contribution in [3.8, 4) is 0 Å². The van der Waals surface area contributed by atoms with Gasteiger partial charge in [-0.2, -0.15) is 5.10 Å². The topological polar surface area (TPSA) is 59.3 Å². The van der Waals surface area contributed by atoms with Gasteiger partial charge in [0.05, 0.1) is 6.20 Å². The zero-order valence-corrected chi connectivity index (χ0v) is 12.2. The van der Waals surface area contributed by atoms with E-state index >= 15 is 0 Å². The van der Waals surface area contributed by atoms with Gasteiger partial charge >= 0.3 is 0 Å². The zero-order chi connectivity index (χ0) is 15.0. The lowest BCUT2D eigenvalue weighted by molar-refractivity contribution is 0.102. The maximum Gasteiger partial charge on any atom is 0.274 e. The minimum atomic E-state index is -0.213. The van der Waals surface area contributed by atoms with Gasteiger partial charge in [0.1, 0.15) is 5.69 Å². The Bertz CT molecular complexity index is 835. The predicted octanol–water partition coefficient (Wildman–Crippen LogP) is 2.91. The molecule has 5 heteroatoms. The van der Waals surface area contributed by atoms with Crippen LogP contribution in [0.2, 0.25) is 0 Å². The summed E-state index contributed by atoms with van der Waals surface area (Å²) in [5.74, 6) is -0.213. The first-order valence-corrected chi connectivity index (χ1v) is 6.75. The van der Waals surface area contributed by atoms with Crippen molar-refractivity contribution >= 4 is 17.2 Å². The van der Waals surface area contributed by atoms with Gasteiger partial charge in [-0.25, -0.2) is 9.50 Å². The van der Waals surface area contributed by atoms with E-state index in [-0.39, 0.29) is 5.91 Å². The molecule has 1 N–H and O–H groups in total. The van der Waals surface area contributed by atoms with Crippen LogP contribution in [-0.2, 0) is 0 Å². The Hall–Kier alpha value is -2.69. The van der Waals surface area contributed by atoms with E-state index in [9.17, 15) is 4.79 Å². The van der Waals surface area contributed by atoms with Gasteiger partial charge in [-0.05, 0) is 44.0 Å². The normalized spacial score (nSPS) is 10.8. The molecular weight excluding hydrogens is 264 g/mol. The Morgan fingerprint density at radius 1 is 1.19 bits per heavy atom. The molecule has 106 valence electrons. The van der Waals surface area contributed by atoms with Crippen LogP contribution in [0, 0.1) is 20.8 Å². The minimum absolute atomic E-state index is 0.213. The Labute approximate surface area is 122 Å². The van der Waals surface area contributed by atoms with E-state index in [0.29, 0.717) is 11.3 Å². The third-order valence-electron chi connectivity index (χ3n) is 3.62. The first-order valence-electron chi connectivity index (χ1n) is 6.75. The second kappa shape index (κ2) is 5.01. The highest BCUT2D eigenvalue weighted by atomic mass is 16.1. The van der Waals surface area contributed by atoms with Crippen molar-refractivity contribution in [3.05, 3.63) is 59.0 Å². The molecule has 0 fully saturated rings. The van der Waals surface area contributed by atoms with E-state index in [1.807, 2.05) is 39.0 Å². The summed E-state index contributed by atoms with van der Waals surface area (Å²) in [7, 11) is 0. The number of rotatable bonds is 2. The molecule has 5 nitrogen and oxygen atoms in total. The molecule has 2 aromatic heterocycles. The number of anilines is 1. The molecule has 21 heavy (non-hydrogen) atoms. The third-order valence-corrected chi connectivity index (χ3v) is 3.62. The molecule has 0 bridgehead atoms. The Kier molecular flexibility index (Phi) is 3.17. The van der Waals surface area contributed by atoms with E-state index in [0.717, 1.165) is 22.5 Å². The summed E-state index contributed by atoms with van der Waals surface area (Å²) < 4.78 is 1.70. The van der Waals surface area contributed by atoms with Gasteiger partial charge in [-0.1, -0.05) is 12.1 Å². The summed E-state index contributed by atoms with van der Waals surface area (Å²) in [5.41, 5.74) is 4.95. The molecule has 0 atom stereocenters. The Balaban J connectivity index is 1.95. The largest absolute Gasteiger partial charge is 0.320 e. The molecule has 1 amide bonds. The molecule has 3 rings (SSSR count). The summed E-state index contributed by atoms with van der Waals surface area (Å²) in [6.07, 6.45) is 1.67. The zero-order valence-electron chi connectivity index (χ0n) is 12.2. The highest BCUT2D eigenvalue weighted by Crippen LogP contribution is 2.19. The van der Waals surface area contributed by atoms with Crippen LogP contribution in [0.15, 0.2) is 36.5 Å². The average molecular weight is 280 g/mol. The SMILES string of the molecule is Cc1cccc(NC(=O)c2cc(C)n3nccc3n2)c1C. The predicted molar refractivity (Wildman–Crippen MR) is 81.6 cm³/mol. The lowest BCUT2D eigenvalue weighted by Crippen LogP contribution is -2.16. The quantitative estimate of drug-likeness (QED) is 0.785. The number of carbonyl (C=O) groups is 1. The van der Waals surface area contributed by atoms with Crippen molar-refractivity contribution < 1.29 is 4.79 Å². The number of carbonyl (C=O) groups excluding carboxylic acids is 1. The van der Waals surface area contributed by atoms with Crippen molar-refractivity contribution in [2.24, 2.45) is 0 Å². The number of benzene rings is 1. The van der Waals surface area contributed by atoms with Crippen LogP contribution >= 0.6 is 0 Å². The van der Waals surface area contributed by atoms with E-state index in [1.165, 1.54) is 0 Å². The molecular formula is C16H16N4O. The number of nitrogens with one attached hydrogen (secondary N) is 1. The molecule has 0 aliphatic heterocycles. The van der Waals surface area contributed by atoms with Crippen LogP contribution in [0.1, 0.15) is 27.3 Å². The van der Waals surface area contributed by atoms with Crippen molar-refractivity contribution in [3.63, 3.8) is 0 Å². The van der Waals surface area contributed by atoms with Gasteiger partial charge < -0.3 is 5.32 Å². The molecule has 0 saturated carbocycles. The number of hydrogen-bond acceptors (Lipinski definition) is 3. The van der Waals surface area contributed by atoms with Crippen LogP contribution in [0.25, 0.3) is 5.65 Å². The molecule has 0 unspecified atom stereocenters. The van der Waals surface area contributed by atoms with Gasteiger partial charge in [0.2, 0.25) is 0 Å². The lowest BCUT2D eigenvalue weighted by atomic mass is 10.1. The molecule has 2 heterocycles. The third kappa shape index (κ3) is 2.38. The maximum atomic E-state index is 12.4. The van der Waals surface area contributed by atoms with Crippen LogP contribution < -0.4 is 5.32 Å². The summed E-state index contributed by atoms with van der Waals surface area (Å²) in [6, 6.07) is 9.36. The Morgan fingerprint density at radius 3 is 2.81 bits per heavy atom. The number of aromatic nitrogens is 3. The van der Waals surface area contributed by atoms with E-state index in [1.54, 1.807) is 22.8 Å². The van der Waals surface area contributed by atoms with Crippen LogP contribution in [0.5, 0.6) is 0 Å². The first kappa shape index (κ1) is 13.3. The monoisotopic (exact) mass is 280 g/mol. The molecule has 0 radical (unpaired) electrons. The molecule has 0 aliphatic rings. The van der Waals surface area contributed by atoms with Gasteiger partial charge in [0, 0.05) is 17.4 Å². The fourth-order valence-electron chi connectivity index (χ4n) is 2.26. The molecule has 1 aromatic carbocycles. The molecule has 0 saturated heterocycles. The number of amides is 1. The first-order chi connectivity index (χ1) is 10.1. The van der Waals surface area contributed by atoms with Crippen LogP contribution in [-0.4, -0.2) is 20.5 Å². The second-order valence-corrected chi connectivity index (χ2v) is 5.09. The summed E-state index contributed by atoms with van der Waals surface area (Å²) in [5, 5.41) is 7.07. The number of fused-ring (bicyclic) bond motifs is 1. The maximum absolute atomic E-state index is 12.4. The highest BCUT2D eigenvalue weighted by molar-refractivity contribution is 6.03. The molecule has 0 spiro atoms. The van der Waals surface area contributed by atoms with Gasteiger partial charge in [-0.3, -0.25) is 4.79 Å². The summed E-state index contributed by atoms with van der Waals surface area (Å²) in [4.78, 5) is 16.7. The van der Waals surface area contributed by atoms with Gasteiger partial charge in [0.25, 0.3) is 5.91 Å². The van der Waals surface area contributed by atoms with Crippen molar-refractivity contribution in [1.29, 1.82) is 0 Å². The smallest absolute Gasteiger partial charge is 0.274 e. The van der Waals surface area contributed by atoms with E-state index in [2.05, 4.69) is 15.4 Å². The van der Waals surface area contributed by atoms with Gasteiger partial charge in [-0.15, -0.1) is 0 Å². The second-order valence-electron chi connectivity index (χ2n) is 5.09. The fourth-order valence-corrected chi connectivity index (χ4v) is 2.26. The van der Waals surface area contributed by atoms with Crippen LogP contribution in [0.3, 0.4) is 0 Å². The number of hydrogen-bond donors (Lipinski definition) is 1. The van der Waals surface area contributed by atoms with E-state index in [4.69, 9.17) is 0 Å². The summed E-state index contributed by atoms with van der Waals surface area (Å²) >= 11 is 0. The average Bonchev–Trinajstić information content (AvgIpc) is 2.92. The van der Waals surface area contributed by atoms with Crippen LogP contribution in [0.4, 0.5) is 5.69 Å². The van der Waals surface area contributed by atoms with Gasteiger partial charge in [0.15, 0.2) is 5.65 Å². The molecule has 0 aliphatic carbocycles. The fraction of sp³-hybridized carbons (Fsp3) is 0.188. The lowest BCUT2D eigenvalue weighted by Gasteiger charge is -2.10. The van der Waals surface area contributed by atoms with E-state index < -0.39 is 0 Å². The number of aryl methyl sites for hydroxylation is 2.